The standard InChI is InChI=1S/C20H23NO/c22-15-7-5-6-14(12-15)13-21-20-18-10-3-1-8-16(18)17-9-2-4-11-19(17)20/h1-4,8-11,14-15,20-22H,5-7,12-13H2. The Morgan fingerprint density at radius 1 is 0.909 bits per heavy atom. The molecule has 0 spiro atoms. The molecule has 1 fully saturated rings. The quantitative estimate of drug-likeness (QED) is 0.899. The number of aliphatic hydroxyl groups is 1. The number of nitrogens with one attached hydrogen (secondary N) is 1. The molecule has 2 atom stereocenters. The summed E-state index contributed by atoms with van der Waals surface area (Å²) in [7, 11) is 0. The predicted octanol–water partition coefficient (Wildman–Crippen LogP) is 3.90. The van der Waals surface area contributed by atoms with E-state index in [0.717, 1.165) is 25.8 Å². The lowest BCUT2D eigenvalue weighted by molar-refractivity contribution is 0.100. The zero-order chi connectivity index (χ0) is 14.9. The summed E-state index contributed by atoms with van der Waals surface area (Å²) in [5, 5.41) is 13.6. The largest absolute Gasteiger partial charge is 0.393 e. The Morgan fingerprint density at radius 3 is 2.18 bits per heavy atom. The third-order valence-corrected chi connectivity index (χ3v) is 5.20. The van der Waals surface area contributed by atoms with Crippen molar-refractivity contribution >= 4 is 0 Å². The molecule has 2 aromatic rings. The first-order chi connectivity index (χ1) is 10.8. The summed E-state index contributed by atoms with van der Waals surface area (Å²) in [5.41, 5.74) is 5.50. The first-order valence-corrected chi connectivity index (χ1v) is 8.42. The van der Waals surface area contributed by atoms with Crippen molar-refractivity contribution in [2.45, 2.75) is 37.8 Å². The van der Waals surface area contributed by atoms with E-state index < -0.39 is 0 Å². The minimum Gasteiger partial charge on any atom is -0.393 e. The lowest BCUT2D eigenvalue weighted by atomic mass is 9.87. The van der Waals surface area contributed by atoms with Gasteiger partial charge >= 0.3 is 0 Å². The van der Waals surface area contributed by atoms with Crippen molar-refractivity contribution in [1.82, 2.24) is 5.32 Å². The fraction of sp³-hybridized carbons (Fsp3) is 0.400. The van der Waals surface area contributed by atoms with Crippen molar-refractivity contribution in [3.05, 3.63) is 59.7 Å². The molecule has 0 aromatic heterocycles. The SMILES string of the molecule is OC1CCCC(CNC2c3ccccc3-c3ccccc32)C1. The molecule has 2 N–H and O–H groups in total. The maximum Gasteiger partial charge on any atom is 0.0589 e. The van der Waals surface area contributed by atoms with Gasteiger partial charge in [-0.2, -0.15) is 0 Å². The third-order valence-electron chi connectivity index (χ3n) is 5.20. The van der Waals surface area contributed by atoms with E-state index >= 15 is 0 Å². The minimum absolute atomic E-state index is 0.0938. The maximum atomic E-state index is 9.86. The van der Waals surface area contributed by atoms with Crippen molar-refractivity contribution in [1.29, 1.82) is 0 Å². The number of aliphatic hydroxyl groups excluding tert-OH is 1. The van der Waals surface area contributed by atoms with Crippen molar-refractivity contribution in [3.63, 3.8) is 0 Å². The molecule has 0 amide bonds. The number of fused-ring (bicyclic) bond motifs is 3. The predicted molar refractivity (Wildman–Crippen MR) is 89.7 cm³/mol. The smallest absolute Gasteiger partial charge is 0.0589 e. The van der Waals surface area contributed by atoms with E-state index in [1.54, 1.807) is 0 Å². The van der Waals surface area contributed by atoms with Gasteiger partial charge in [0.2, 0.25) is 0 Å². The highest BCUT2D eigenvalue weighted by Gasteiger charge is 2.29. The summed E-state index contributed by atoms with van der Waals surface area (Å²) in [6, 6.07) is 17.7. The number of rotatable bonds is 3. The van der Waals surface area contributed by atoms with Gasteiger partial charge < -0.3 is 10.4 Å². The molecule has 2 unspecified atom stereocenters. The second-order valence-corrected chi connectivity index (χ2v) is 6.70. The van der Waals surface area contributed by atoms with Crippen LogP contribution in [-0.2, 0) is 0 Å². The van der Waals surface area contributed by atoms with E-state index in [1.165, 1.54) is 28.7 Å². The van der Waals surface area contributed by atoms with Crippen LogP contribution in [0.3, 0.4) is 0 Å². The zero-order valence-corrected chi connectivity index (χ0v) is 12.8. The van der Waals surface area contributed by atoms with Crippen molar-refractivity contribution < 1.29 is 5.11 Å². The van der Waals surface area contributed by atoms with E-state index in [-0.39, 0.29) is 6.10 Å². The fourth-order valence-electron chi connectivity index (χ4n) is 4.11. The molecule has 0 aliphatic heterocycles. The highest BCUT2D eigenvalue weighted by Crippen LogP contribution is 2.43. The molecule has 0 saturated heterocycles. The van der Waals surface area contributed by atoms with Crippen molar-refractivity contribution in [2.75, 3.05) is 6.54 Å². The van der Waals surface area contributed by atoms with Crippen LogP contribution in [0.25, 0.3) is 11.1 Å². The number of benzene rings is 2. The Hall–Kier alpha value is -1.64. The number of hydrogen-bond acceptors (Lipinski definition) is 2. The van der Waals surface area contributed by atoms with Crippen LogP contribution in [0.15, 0.2) is 48.5 Å². The molecule has 2 heteroatoms. The Morgan fingerprint density at radius 2 is 1.55 bits per heavy atom. The molecule has 2 nitrogen and oxygen atoms in total. The van der Waals surface area contributed by atoms with Crippen LogP contribution in [0, 0.1) is 5.92 Å². The van der Waals surface area contributed by atoms with Gasteiger partial charge in [-0.25, -0.2) is 0 Å². The second-order valence-electron chi connectivity index (χ2n) is 6.70. The summed E-state index contributed by atoms with van der Waals surface area (Å²) in [4.78, 5) is 0. The van der Waals surface area contributed by atoms with Crippen LogP contribution in [0.2, 0.25) is 0 Å². The Bertz CT molecular complexity index is 621. The van der Waals surface area contributed by atoms with E-state index in [9.17, 15) is 5.11 Å². The van der Waals surface area contributed by atoms with Gasteiger partial charge in [0.05, 0.1) is 12.1 Å². The molecule has 1 saturated carbocycles. The van der Waals surface area contributed by atoms with Crippen LogP contribution < -0.4 is 5.32 Å². The molecule has 0 heterocycles. The molecular weight excluding hydrogens is 270 g/mol. The third kappa shape index (κ3) is 2.47. The molecule has 0 radical (unpaired) electrons. The van der Waals surface area contributed by atoms with Crippen LogP contribution in [-0.4, -0.2) is 17.8 Å². The average molecular weight is 293 g/mol. The van der Waals surface area contributed by atoms with Gasteiger partial charge in [-0.15, -0.1) is 0 Å². The summed E-state index contributed by atoms with van der Waals surface area (Å²) in [5.74, 6) is 0.601. The normalized spacial score (nSPS) is 24.0. The van der Waals surface area contributed by atoms with Gasteiger partial charge in [-0.05, 0) is 54.0 Å². The Labute approximate surface area is 132 Å². The van der Waals surface area contributed by atoms with Gasteiger partial charge in [0.25, 0.3) is 0 Å². The van der Waals surface area contributed by atoms with Gasteiger partial charge in [0.15, 0.2) is 0 Å². The van der Waals surface area contributed by atoms with Crippen molar-refractivity contribution in [2.24, 2.45) is 5.92 Å². The van der Waals surface area contributed by atoms with E-state index in [1.807, 2.05) is 0 Å². The summed E-state index contributed by atoms with van der Waals surface area (Å²) in [6.45, 7) is 0.990. The van der Waals surface area contributed by atoms with Gasteiger partial charge in [0.1, 0.15) is 0 Å². The molecule has 22 heavy (non-hydrogen) atoms. The molecule has 2 aliphatic rings. The second kappa shape index (κ2) is 5.86. The van der Waals surface area contributed by atoms with E-state index in [4.69, 9.17) is 0 Å². The highest BCUT2D eigenvalue weighted by molar-refractivity contribution is 5.78. The van der Waals surface area contributed by atoms with Crippen LogP contribution in [0.5, 0.6) is 0 Å². The monoisotopic (exact) mass is 293 g/mol. The number of hydrogen-bond donors (Lipinski definition) is 2. The summed E-state index contributed by atoms with van der Waals surface area (Å²) < 4.78 is 0. The van der Waals surface area contributed by atoms with Crippen molar-refractivity contribution in [3.8, 4) is 11.1 Å². The molecule has 2 aliphatic carbocycles. The minimum atomic E-state index is -0.0938. The lowest BCUT2D eigenvalue weighted by Crippen LogP contribution is -2.31. The van der Waals surface area contributed by atoms with Gasteiger partial charge in [-0.3, -0.25) is 0 Å². The maximum absolute atomic E-state index is 9.86. The Balaban J connectivity index is 1.56. The zero-order valence-electron chi connectivity index (χ0n) is 12.8. The van der Waals surface area contributed by atoms with Crippen LogP contribution in [0.1, 0.15) is 42.9 Å². The van der Waals surface area contributed by atoms with Gasteiger partial charge in [0, 0.05) is 0 Å². The molecule has 0 bridgehead atoms. The van der Waals surface area contributed by atoms with Crippen LogP contribution >= 0.6 is 0 Å². The molecule has 114 valence electrons. The fourth-order valence-corrected chi connectivity index (χ4v) is 4.11. The topological polar surface area (TPSA) is 32.3 Å². The first kappa shape index (κ1) is 14.0. The Kier molecular flexibility index (Phi) is 3.73. The summed E-state index contributed by atoms with van der Waals surface area (Å²) in [6.07, 6.45) is 4.23. The molecular formula is C20H23NO. The van der Waals surface area contributed by atoms with E-state index in [2.05, 4.69) is 53.8 Å². The van der Waals surface area contributed by atoms with Gasteiger partial charge in [-0.1, -0.05) is 55.0 Å². The molecule has 2 aromatic carbocycles. The van der Waals surface area contributed by atoms with E-state index in [0.29, 0.717) is 12.0 Å². The van der Waals surface area contributed by atoms with Crippen LogP contribution in [0.4, 0.5) is 0 Å². The first-order valence-electron chi connectivity index (χ1n) is 8.42. The summed E-state index contributed by atoms with van der Waals surface area (Å²) >= 11 is 0. The average Bonchev–Trinajstić information content (AvgIpc) is 2.87. The lowest BCUT2D eigenvalue weighted by Gasteiger charge is -2.27. The highest BCUT2D eigenvalue weighted by atomic mass is 16.3. The molecule has 4 rings (SSSR count).